The minimum atomic E-state index is -0.926. The van der Waals surface area contributed by atoms with Crippen LogP contribution in [-0.4, -0.2) is 26.4 Å². The lowest BCUT2D eigenvalue weighted by molar-refractivity contribution is 0.528. The van der Waals surface area contributed by atoms with Gasteiger partial charge in [-0.25, -0.2) is 8.51 Å². The molecule has 92 valence electrons. The highest BCUT2D eigenvalue weighted by Gasteiger charge is 2.28. The SMILES string of the molecule is CC(C)(C)S(=O)N1CC=C(c2ccccc2)C1. The minimum Gasteiger partial charge on any atom is -0.242 e. The average Bonchev–Trinajstić information content (AvgIpc) is 2.77. The van der Waals surface area contributed by atoms with Gasteiger partial charge in [0.25, 0.3) is 0 Å². The summed E-state index contributed by atoms with van der Waals surface area (Å²) in [5.41, 5.74) is 2.52. The molecule has 0 bridgehead atoms. The predicted molar refractivity (Wildman–Crippen MR) is 73.9 cm³/mol. The second-order valence-corrected chi connectivity index (χ2v) is 7.52. The molecule has 1 unspecified atom stereocenters. The fourth-order valence-electron chi connectivity index (χ4n) is 1.91. The zero-order chi connectivity index (χ0) is 12.5. The average molecular weight is 249 g/mol. The van der Waals surface area contributed by atoms with Crippen LogP contribution in [0.25, 0.3) is 5.57 Å². The fraction of sp³-hybridized carbons (Fsp3) is 0.429. The van der Waals surface area contributed by atoms with E-state index in [0.717, 1.165) is 13.1 Å². The summed E-state index contributed by atoms with van der Waals surface area (Å²) in [6.07, 6.45) is 2.18. The zero-order valence-electron chi connectivity index (χ0n) is 10.6. The monoisotopic (exact) mass is 249 g/mol. The Morgan fingerprint density at radius 1 is 1.18 bits per heavy atom. The Balaban J connectivity index is 2.08. The van der Waals surface area contributed by atoms with Crippen molar-refractivity contribution in [1.82, 2.24) is 4.31 Å². The van der Waals surface area contributed by atoms with E-state index in [2.05, 4.69) is 18.2 Å². The van der Waals surface area contributed by atoms with Gasteiger partial charge in [-0.3, -0.25) is 0 Å². The quantitative estimate of drug-likeness (QED) is 0.789. The summed E-state index contributed by atoms with van der Waals surface area (Å²) in [7, 11) is -0.926. The molecule has 1 aliphatic rings. The maximum absolute atomic E-state index is 12.2. The molecule has 0 N–H and O–H groups in total. The topological polar surface area (TPSA) is 20.3 Å². The third kappa shape index (κ3) is 2.85. The van der Waals surface area contributed by atoms with Crippen molar-refractivity contribution in [3.63, 3.8) is 0 Å². The van der Waals surface area contributed by atoms with Crippen molar-refractivity contribution < 1.29 is 4.21 Å². The van der Waals surface area contributed by atoms with E-state index in [1.807, 2.05) is 43.3 Å². The Kier molecular flexibility index (Phi) is 3.50. The Morgan fingerprint density at radius 3 is 2.41 bits per heavy atom. The van der Waals surface area contributed by atoms with E-state index in [-0.39, 0.29) is 4.75 Å². The van der Waals surface area contributed by atoms with Crippen LogP contribution in [0.4, 0.5) is 0 Å². The van der Waals surface area contributed by atoms with E-state index in [9.17, 15) is 4.21 Å². The summed E-state index contributed by atoms with van der Waals surface area (Å²) in [5, 5.41) is 0. The van der Waals surface area contributed by atoms with Crippen molar-refractivity contribution in [2.45, 2.75) is 25.5 Å². The highest BCUT2D eigenvalue weighted by atomic mass is 32.2. The van der Waals surface area contributed by atoms with Crippen LogP contribution >= 0.6 is 0 Å². The minimum absolute atomic E-state index is 0.181. The lowest BCUT2D eigenvalue weighted by atomic mass is 10.1. The van der Waals surface area contributed by atoms with Crippen molar-refractivity contribution in [3.8, 4) is 0 Å². The summed E-state index contributed by atoms with van der Waals surface area (Å²) in [6, 6.07) is 10.3. The van der Waals surface area contributed by atoms with E-state index >= 15 is 0 Å². The van der Waals surface area contributed by atoms with Gasteiger partial charge in [0.05, 0.1) is 4.75 Å². The third-order valence-corrected chi connectivity index (χ3v) is 4.59. The molecule has 0 radical (unpaired) electrons. The standard InChI is InChI=1S/C14H19NOS/c1-14(2,3)17(16)15-10-9-13(11-15)12-7-5-4-6-8-12/h4-9H,10-11H2,1-3H3. The largest absolute Gasteiger partial charge is 0.242 e. The van der Waals surface area contributed by atoms with Gasteiger partial charge in [-0.1, -0.05) is 36.4 Å². The Labute approximate surface area is 106 Å². The summed E-state index contributed by atoms with van der Waals surface area (Å²) >= 11 is 0. The Morgan fingerprint density at radius 2 is 1.82 bits per heavy atom. The van der Waals surface area contributed by atoms with Crippen LogP contribution in [0.1, 0.15) is 26.3 Å². The van der Waals surface area contributed by atoms with E-state index in [1.165, 1.54) is 11.1 Å². The van der Waals surface area contributed by atoms with Gasteiger partial charge in [0.15, 0.2) is 0 Å². The van der Waals surface area contributed by atoms with Gasteiger partial charge in [0, 0.05) is 13.1 Å². The zero-order valence-corrected chi connectivity index (χ0v) is 11.5. The molecule has 0 saturated heterocycles. The number of benzene rings is 1. The van der Waals surface area contributed by atoms with E-state index in [4.69, 9.17) is 0 Å². The second-order valence-electron chi connectivity index (χ2n) is 5.28. The Bertz CT molecular complexity index is 445. The molecule has 0 fully saturated rings. The normalized spacial score (nSPS) is 19.1. The van der Waals surface area contributed by atoms with Gasteiger partial charge in [0.2, 0.25) is 0 Å². The number of rotatable bonds is 2. The van der Waals surface area contributed by atoms with E-state index in [0.29, 0.717) is 0 Å². The molecule has 0 aromatic heterocycles. The molecule has 1 aromatic carbocycles. The lowest BCUT2D eigenvalue weighted by Crippen LogP contribution is -2.36. The lowest BCUT2D eigenvalue weighted by Gasteiger charge is -2.25. The first-order valence-electron chi connectivity index (χ1n) is 5.90. The maximum atomic E-state index is 12.2. The molecule has 2 rings (SSSR count). The molecule has 1 aliphatic heterocycles. The summed E-state index contributed by atoms with van der Waals surface area (Å²) < 4.78 is 14.1. The molecular formula is C14H19NOS. The molecule has 3 heteroatoms. The number of hydrogen-bond acceptors (Lipinski definition) is 1. The highest BCUT2D eigenvalue weighted by molar-refractivity contribution is 7.84. The van der Waals surface area contributed by atoms with Crippen LogP contribution < -0.4 is 0 Å². The molecule has 1 atom stereocenters. The van der Waals surface area contributed by atoms with Gasteiger partial charge in [-0.05, 0) is 31.9 Å². The summed E-state index contributed by atoms with van der Waals surface area (Å²) in [5.74, 6) is 0. The second kappa shape index (κ2) is 4.75. The third-order valence-electron chi connectivity index (χ3n) is 2.79. The van der Waals surface area contributed by atoms with Crippen molar-refractivity contribution >= 4 is 16.6 Å². The summed E-state index contributed by atoms with van der Waals surface area (Å²) in [4.78, 5) is 0. The fourth-order valence-corrected chi connectivity index (χ4v) is 3.15. The summed E-state index contributed by atoms with van der Waals surface area (Å²) in [6.45, 7) is 7.62. The van der Waals surface area contributed by atoms with Gasteiger partial charge in [-0.2, -0.15) is 0 Å². The first-order valence-corrected chi connectivity index (χ1v) is 7.00. The number of nitrogens with zero attached hydrogens (tertiary/aromatic N) is 1. The molecule has 0 aliphatic carbocycles. The molecule has 0 spiro atoms. The van der Waals surface area contributed by atoms with Gasteiger partial charge < -0.3 is 0 Å². The predicted octanol–water partition coefficient (Wildman–Crippen LogP) is 2.85. The maximum Gasteiger partial charge on any atom is 0.100 e. The van der Waals surface area contributed by atoms with Crippen LogP contribution in [0, 0.1) is 0 Å². The molecule has 1 aromatic rings. The number of hydrogen-bond donors (Lipinski definition) is 0. The molecule has 2 nitrogen and oxygen atoms in total. The smallest absolute Gasteiger partial charge is 0.100 e. The molecular weight excluding hydrogens is 230 g/mol. The molecule has 17 heavy (non-hydrogen) atoms. The van der Waals surface area contributed by atoms with Crippen LogP contribution in [-0.2, 0) is 11.0 Å². The van der Waals surface area contributed by atoms with Gasteiger partial charge in [0.1, 0.15) is 11.0 Å². The Hall–Kier alpha value is -0.930. The molecule has 1 heterocycles. The van der Waals surface area contributed by atoms with E-state index in [1.54, 1.807) is 0 Å². The van der Waals surface area contributed by atoms with Crippen LogP contribution in [0.3, 0.4) is 0 Å². The highest BCUT2D eigenvalue weighted by Crippen LogP contribution is 2.25. The molecule has 0 saturated carbocycles. The van der Waals surface area contributed by atoms with Crippen molar-refractivity contribution in [2.75, 3.05) is 13.1 Å². The van der Waals surface area contributed by atoms with Crippen LogP contribution in [0.5, 0.6) is 0 Å². The van der Waals surface area contributed by atoms with Gasteiger partial charge in [-0.15, -0.1) is 0 Å². The van der Waals surface area contributed by atoms with Gasteiger partial charge >= 0.3 is 0 Å². The van der Waals surface area contributed by atoms with Crippen molar-refractivity contribution in [1.29, 1.82) is 0 Å². The van der Waals surface area contributed by atoms with E-state index < -0.39 is 11.0 Å². The first-order chi connectivity index (χ1) is 7.98. The van der Waals surface area contributed by atoms with Crippen molar-refractivity contribution in [2.24, 2.45) is 0 Å². The van der Waals surface area contributed by atoms with Crippen molar-refractivity contribution in [3.05, 3.63) is 42.0 Å². The first kappa shape index (κ1) is 12.5. The molecule has 0 amide bonds. The van der Waals surface area contributed by atoms with Crippen LogP contribution in [0.15, 0.2) is 36.4 Å². The van der Waals surface area contributed by atoms with Crippen LogP contribution in [0.2, 0.25) is 0 Å².